The van der Waals surface area contributed by atoms with E-state index in [1.807, 2.05) is 29.8 Å². The zero-order chi connectivity index (χ0) is 22.0. The van der Waals surface area contributed by atoms with Crippen molar-refractivity contribution in [2.75, 3.05) is 24.5 Å². The second kappa shape index (κ2) is 9.04. The van der Waals surface area contributed by atoms with Crippen LogP contribution in [0.15, 0.2) is 30.3 Å². The highest BCUT2D eigenvalue weighted by Gasteiger charge is 2.28. The number of para-hydroxylation sites is 1. The van der Waals surface area contributed by atoms with Crippen molar-refractivity contribution in [3.05, 3.63) is 41.7 Å². The third kappa shape index (κ3) is 4.40. The van der Waals surface area contributed by atoms with Gasteiger partial charge in [0, 0.05) is 25.6 Å². The number of carbonyl (C=O) groups is 1. The number of hydrogen-bond donors (Lipinski definition) is 1. The number of nitrogens with zero attached hydrogens (tertiary/aromatic N) is 5. The van der Waals surface area contributed by atoms with Gasteiger partial charge in [0.15, 0.2) is 5.82 Å². The number of rotatable bonds is 6. The van der Waals surface area contributed by atoms with E-state index in [1.54, 1.807) is 0 Å². The van der Waals surface area contributed by atoms with Crippen LogP contribution < -0.4 is 10.2 Å². The van der Waals surface area contributed by atoms with Crippen LogP contribution in [0.2, 0.25) is 0 Å². The molecule has 0 bridgehead atoms. The van der Waals surface area contributed by atoms with Gasteiger partial charge >= 0.3 is 0 Å². The second-order valence-electron chi connectivity index (χ2n) is 8.90. The van der Waals surface area contributed by atoms with E-state index in [9.17, 15) is 4.79 Å². The van der Waals surface area contributed by atoms with Crippen molar-refractivity contribution in [1.82, 2.24) is 25.3 Å². The van der Waals surface area contributed by atoms with Crippen molar-refractivity contribution in [3.8, 4) is 5.69 Å². The number of fused-ring (bicyclic) bond motifs is 1. The first-order valence-electron chi connectivity index (χ1n) is 11.3. The number of nitrogens with one attached hydrogen (secondary N) is 1. The fourth-order valence-corrected chi connectivity index (χ4v) is 4.33. The molecule has 1 amide bonds. The van der Waals surface area contributed by atoms with Crippen LogP contribution in [0.1, 0.15) is 44.5 Å². The van der Waals surface area contributed by atoms with E-state index in [0.29, 0.717) is 5.92 Å². The molecule has 0 saturated carbocycles. The number of benzene rings is 1. The fourth-order valence-electron chi connectivity index (χ4n) is 4.33. The molecule has 31 heavy (non-hydrogen) atoms. The van der Waals surface area contributed by atoms with Crippen molar-refractivity contribution < 1.29 is 4.79 Å². The molecular weight excluding hydrogens is 388 g/mol. The summed E-state index contributed by atoms with van der Waals surface area (Å²) in [6.07, 6.45) is 2.66. The Bertz CT molecular complexity index is 1050. The number of aryl methyl sites for hydroxylation is 2. The van der Waals surface area contributed by atoms with E-state index < -0.39 is 0 Å². The van der Waals surface area contributed by atoms with Gasteiger partial charge in [-0.05, 0) is 51.2 Å². The number of carbonyl (C=O) groups excluding carboxylic acids is 1. The summed E-state index contributed by atoms with van der Waals surface area (Å²) >= 11 is 0. The van der Waals surface area contributed by atoms with Gasteiger partial charge in [0.05, 0.1) is 22.5 Å². The van der Waals surface area contributed by atoms with Gasteiger partial charge < -0.3 is 10.2 Å². The Morgan fingerprint density at radius 1 is 1.13 bits per heavy atom. The Morgan fingerprint density at radius 3 is 2.52 bits per heavy atom. The maximum atomic E-state index is 12.5. The highest BCUT2D eigenvalue weighted by molar-refractivity contribution is 5.92. The molecule has 7 heteroatoms. The Morgan fingerprint density at radius 2 is 1.84 bits per heavy atom. The zero-order valence-corrected chi connectivity index (χ0v) is 18.9. The van der Waals surface area contributed by atoms with Crippen LogP contribution in [0.25, 0.3) is 16.6 Å². The van der Waals surface area contributed by atoms with Gasteiger partial charge in [-0.2, -0.15) is 10.2 Å². The summed E-state index contributed by atoms with van der Waals surface area (Å²) in [5.41, 5.74) is 3.86. The van der Waals surface area contributed by atoms with Gasteiger partial charge in [-0.25, -0.2) is 4.68 Å². The molecule has 7 nitrogen and oxygen atoms in total. The molecule has 0 atom stereocenters. The van der Waals surface area contributed by atoms with E-state index in [-0.39, 0.29) is 11.8 Å². The van der Waals surface area contributed by atoms with Gasteiger partial charge in [-0.15, -0.1) is 5.10 Å². The summed E-state index contributed by atoms with van der Waals surface area (Å²) in [5.74, 6) is 1.67. The Balaban J connectivity index is 1.53. The number of aromatic nitrogens is 4. The quantitative estimate of drug-likeness (QED) is 0.656. The first-order valence-corrected chi connectivity index (χ1v) is 11.3. The average molecular weight is 421 g/mol. The number of piperidine rings is 1. The Kier molecular flexibility index (Phi) is 6.20. The van der Waals surface area contributed by atoms with Gasteiger partial charge in [-0.1, -0.05) is 32.0 Å². The summed E-state index contributed by atoms with van der Waals surface area (Å²) in [6, 6.07) is 10.1. The van der Waals surface area contributed by atoms with E-state index in [2.05, 4.69) is 53.3 Å². The van der Waals surface area contributed by atoms with Crippen LogP contribution in [0.4, 0.5) is 5.82 Å². The van der Waals surface area contributed by atoms with Crippen LogP contribution >= 0.6 is 0 Å². The van der Waals surface area contributed by atoms with Crippen molar-refractivity contribution in [1.29, 1.82) is 0 Å². The molecule has 0 radical (unpaired) electrons. The third-order valence-corrected chi connectivity index (χ3v) is 6.17. The van der Waals surface area contributed by atoms with Crippen molar-refractivity contribution in [3.63, 3.8) is 0 Å². The SMILES string of the molecule is Cc1nnc(N2CCC(C(=O)NCCC(C)C)CC2)c2nn(-c3ccccc3)c(C)c12. The van der Waals surface area contributed by atoms with Crippen LogP contribution in [0.3, 0.4) is 0 Å². The molecule has 164 valence electrons. The zero-order valence-electron chi connectivity index (χ0n) is 18.9. The van der Waals surface area contributed by atoms with Crippen molar-refractivity contribution >= 4 is 22.6 Å². The maximum Gasteiger partial charge on any atom is 0.223 e. The first-order chi connectivity index (χ1) is 15.0. The van der Waals surface area contributed by atoms with Crippen LogP contribution in [-0.2, 0) is 4.79 Å². The number of hydrogen-bond acceptors (Lipinski definition) is 5. The van der Waals surface area contributed by atoms with Gasteiger partial charge in [-0.3, -0.25) is 4.79 Å². The van der Waals surface area contributed by atoms with E-state index >= 15 is 0 Å². The predicted molar refractivity (Wildman–Crippen MR) is 124 cm³/mol. The normalized spacial score (nSPS) is 15.1. The molecule has 1 fully saturated rings. The van der Waals surface area contributed by atoms with Gasteiger partial charge in [0.25, 0.3) is 0 Å². The molecule has 1 N–H and O–H groups in total. The fraction of sp³-hybridized carbons (Fsp3) is 0.500. The molecular formula is C24H32N6O. The van der Waals surface area contributed by atoms with Crippen molar-refractivity contribution in [2.45, 2.75) is 47.0 Å². The monoisotopic (exact) mass is 420 g/mol. The minimum atomic E-state index is 0.0703. The molecule has 0 spiro atoms. The smallest absolute Gasteiger partial charge is 0.223 e. The summed E-state index contributed by atoms with van der Waals surface area (Å²) in [7, 11) is 0. The van der Waals surface area contributed by atoms with Gasteiger partial charge in [0.1, 0.15) is 5.52 Å². The lowest BCUT2D eigenvalue weighted by molar-refractivity contribution is -0.125. The highest BCUT2D eigenvalue weighted by atomic mass is 16.1. The predicted octanol–water partition coefficient (Wildman–Crippen LogP) is 3.81. The minimum absolute atomic E-state index is 0.0703. The molecule has 0 aliphatic carbocycles. The number of amides is 1. The second-order valence-corrected chi connectivity index (χ2v) is 8.90. The summed E-state index contributed by atoms with van der Waals surface area (Å²) < 4.78 is 1.97. The van der Waals surface area contributed by atoms with E-state index in [4.69, 9.17) is 5.10 Å². The van der Waals surface area contributed by atoms with Crippen LogP contribution in [0, 0.1) is 25.7 Å². The molecule has 3 heterocycles. The lowest BCUT2D eigenvalue weighted by Gasteiger charge is -2.32. The lowest BCUT2D eigenvalue weighted by atomic mass is 9.95. The molecule has 1 aliphatic rings. The molecule has 1 saturated heterocycles. The minimum Gasteiger partial charge on any atom is -0.356 e. The standard InChI is InChI=1S/C24H32N6O/c1-16(2)10-13-25-24(31)19-11-14-29(15-12-19)23-22-21(17(3)26-27-23)18(4)30(28-22)20-8-6-5-7-9-20/h5-9,16,19H,10-15H2,1-4H3,(H,25,31). The maximum absolute atomic E-state index is 12.5. The van der Waals surface area contributed by atoms with E-state index in [1.165, 1.54) is 0 Å². The summed E-state index contributed by atoms with van der Waals surface area (Å²) in [5, 5.41) is 18.0. The summed E-state index contributed by atoms with van der Waals surface area (Å²) in [6.45, 7) is 10.7. The largest absolute Gasteiger partial charge is 0.356 e. The van der Waals surface area contributed by atoms with Crippen molar-refractivity contribution in [2.24, 2.45) is 11.8 Å². The molecule has 0 unspecified atom stereocenters. The third-order valence-electron chi connectivity index (χ3n) is 6.17. The molecule has 1 aromatic carbocycles. The topological polar surface area (TPSA) is 75.9 Å². The highest BCUT2D eigenvalue weighted by Crippen LogP contribution is 2.31. The summed E-state index contributed by atoms with van der Waals surface area (Å²) in [4.78, 5) is 14.7. The Hall–Kier alpha value is -2.96. The molecule has 3 aromatic rings. The Labute approximate surface area is 183 Å². The molecule has 4 rings (SSSR count). The molecule has 2 aromatic heterocycles. The van der Waals surface area contributed by atoms with Gasteiger partial charge in [0.2, 0.25) is 5.91 Å². The molecule has 1 aliphatic heterocycles. The first kappa shape index (κ1) is 21.3. The van der Waals surface area contributed by atoms with Crippen LogP contribution in [0.5, 0.6) is 0 Å². The number of anilines is 1. The van der Waals surface area contributed by atoms with E-state index in [0.717, 1.165) is 72.7 Å². The van der Waals surface area contributed by atoms with Crippen LogP contribution in [-0.4, -0.2) is 45.5 Å². The lowest BCUT2D eigenvalue weighted by Crippen LogP contribution is -2.41. The average Bonchev–Trinajstić information content (AvgIpc) is 3.12.